The summed E-state index contributed by atoms with van der Waals surface area (Å²) in [6.45, 7) is 6.55. The Morgan fingerprint density at radius 2 is 1.77 bits per heavy atom. The minimum absolute atomic E-state index is 0.00360. The van der Waals surface area contributed by atoms with Crippen molar-refractivity contribution in [2.75, 3.05) is 6.54 Å². The van der Waals surface area contributed by atoms with Crippen molar-refractivity contribution in [3.8, 4) is 0 Å². The van der Waals surface area contributed by atoms with Gasteiger partial charge in [-0.2, -0.15) is 0 Å². The van der Waals surface area contributed by atoms with E-state index in [9.17, 15) is 13.2 Å². The van der Waals surface area contributed by atoms with Crippen molar-refractivity contribution in [2.45, 2.75) is 57.9 Å². The minimum atomic E-state index is -3.54. The van der Waals surface area contributed by atoms with Gasteiger partial charge in [-0.15, -0.1) is 0 Å². The number of rotatable bonds is 7. The SMILES string of the molecule is Cc1cc(C)c(S(=O)(=O)NCC2CCC(C(=O)NCc3cccnc3)CC2)c(C)c1. The van der Waals surface area contributed by atoms with Gasteiger partial charge < -0.3 is 5.32 Å². The molecule has 1 fully saturated rings. The summed E-state index contributed by atoms with van der Waals surface area (Å²) in [5.41, 5.74) is 3.59. The molecule has 1 aliphatic rings. The van der Waals surface area contributed by atoms with Crippen LogP contribution in [0.1, 0.15) is 47.9 Å². The average molecular weight is 430 g/mol. The molecule has 3 rings (SSSR count). The number of hydrogen-bond acceptors (Lipinski definition) is 4. The molecule has 7 heteroatoms. The van der Waals surface area contributed by atoms with E-state index in [2.05, 4.69) is 15.0 Å². The standard InChI is InChI=1S/C23H31N3O3S/c1-16-11-17(2)22(18(3)12-16)30(28,29)26-15-19-6-8-21(9-7-19)23(27)25-14-20-5-4-10-24-13-20/h4-5,10-13,19,21,26H,6-9,14-15H2,1-3H3,(H,25,27). The number of carbonyl (C=O) groups excluding carboxylic acids is 1. The smallest absolute Gasteiger partial charge is 0.241 e. The highest BCUT2D eigenvalue weighted by atomic mass is 32.2. The maximum absolute atomic E-state index is 12.8. The molecular formula is C23H31N3O3S. The molecule has 0 bridgehead atoms. The number of amides is 1. The summed E-state index contributed by atoms with van der Waals surface area (Å²) in [6, 6.07) is 7.59. The maximum Gasteiger partial charge on any atom is 0.241 e. The molecule has 162 valence electrons. The zero-order valence-corrected chi connectivity index (χ0v) is 18.8. The molecule has 0 saturated heterocycles. The van der Waals surface area contributed by atoms with Crippen molar-refractivity contribution in [1.29, 1.82) is 0 Å². The summed E-state index contributed by atoms with van der Waals surface area (Å²) in [4.78, 5) is 16.9. The van der Waals surface area contributed by atoms with Crippen LogP contribution in [0.4, 0.5) is 0 Å². The van der Waals surface area contributed by atoms with E-state index in [1.807, 2.05) is 45.0 Å². The Hall–Kier alpha value is -2.25. The molecule has 0 atom stereocenters. The molecular weight excluding hydrogens is 398 g/mol. The normalized spacial score (nSPS) is 19.4. The van der Waals surface area contributed by atoms with Gasteiger partial charge in [-0.25, -0.2) is 13.1 Å². The van der Waals surface area contributed by atoms with Gasteiger partial charge in [0.2, 0.25) is 15.9 Å². The first-order chi connectivity index (χ1) is 14.3. The lowest BCUT2D eigenvalue weighted by Gasteiger charge is -2.28. The Balaban J connectivity index is 1.48. The zero-order chi connectivity index (χ0) is 21.7. The molecule has 2 aromatic rings. The number of benzene rings is 1. The molecule has 0 unspecified atom stereocenters. The number of nitrogens with zero attached hydrogens (tertiary/aromatic N) is 1. The average Bonchev–Trinajstić information content (AvgIpc) is 2.71. The summed E-state index contributed by atoms with van der Waals surface area (Å²) < 4.78 is 28.5. The van der Waals surface area contributed by atoms with E-state index < -0.39 is 10.0 Å². The molecule has 2 N–H and O–H groups in total. The van der Waals surface area contributed by atoms with Crippen LogP contribution in [0, 0.1) is 32.6 Å². The molecule has 0 radical (unpaired) electrons. The van der Waals surface area contributed by atoms with Crippen LogP contribution in [0.25, 0.3) is 0 Å². The molecule has 30 heavy (non-hydrogen) atoms. The molecule has 1 amide bonds. The first-order valence-corrected chi connectivity index (χ1v) is 12.0. The van der Waals surface area contributed by atoms with Crippen LogP contribution in [0.2, 0.25) is 0 Å². The highest BCUT2D eigenvalue weighted by Gasteiger charge is 2.28. The predicted molar refractivity (Wildman–Crippen MR) is 117 cm³/mol. The Bertz CT molecular complexity index is 959. The third-order valence-electron chi connectivity index (χ3n) is 5.84. The molecule has 1 saturated carbocycles. The molecule has 1 heterocycles. The van der Waals surface area contributed by atoms with Crippen molar-refractivity contribution in [1.82, 2.24) is 15.0 Å². The third kappa shape index (κ3) is 5.67. The van der Waals surface area contributed by atoms with Gasteiger partial charge in [-0.3, -0.25) is 9.78 Å². The van der Waals surface area contributed by atoms with E-state index in [1.54, 1.807) is 12.4 Å². The van der Waals surface area contributed by atoms with Gasteiger partial charge in [0.05, 0.1) is 4.90 Å². The van der Waals surface area contributed by atoms with Crippen LogP contribution >= 0.6 is 0 Å². The second-order valence-corrected chi connectivity index (χ2v) is 10.1. The lowest BCUT2D eigenvalue weighted by atomic mass is 9.81. The Morgan fingerprint density at radius 1 is 1.10 bits per heavy atom. The predicted octanol–water partition coefficient (Wildman–Crippen LogP) is 3.41. The second kappa shape index (κ2) is 9.71. The lowest BCUT2D eigenvalue weighted by molar-refractivity contribution is -0.126. The fourth-order valence-corrected chi connectivity index (χ4v) is 5.92. The van der Waals surface area contributed by atoms with Crippen molar-refractivity contribution >= 4 is 15.9 Å². The van der Waals surface area contributed by atoms with E-state index in [1.165, 1.54) is 0 Å². The van der Waals surface area contributed by atoms with Crippen LogP contribution in [0.5, 0.6) is 0 Å². The number of sulfonamides is 1. The molecule has 1 aliphatic carbocycles. The van der Waals surface area contributed by atoms with Crippen molar-refractivity contribution in [2.24, 2.45) is 11.8 Å². The zero-order valence-electron chi connectivity index (χ0n) is 17.9. The topological polar surface area (TPSA) is 88.2 Å². The number of nitrogens with one attached hydrogen (secondary N) is 2. The van der Waals surface area contributed by atoms with Gasteiger partial charge >= 0.3 is 0 Å². The van der Waals surface area contributed by atoms with Crippen molar-refractivity contribution in [3.05, 3.63) is 58.9 Å². The Morgan fingerprint density at radius 3 is 2.37 bits per heavy atom. The number of hydrogen-bond donors (Lipinski definition) is 2. The summed E-state index contributed by atoms with van der Waals surface area (Å²) in [5, 5.41) is 2.99. The van der Waals surface area contributed by atoms with Crippen molar-refractivity contribution in [3.63, 3.8) is 0 Å². The highest BCUT2D eigenvalue weighted by Crippen LogP contribution is 2.29. The van der Waals surface area contributed by atoms with Crippen LogP contribution < -0.4 is 10.0 Å². The van der Waals surface area contributed by atoms with Gasteiger partial charge in [-0.1, -0.05) is 23.8 Å². The van der Waals surface area contributed by atoms with Crippen molar-refractivity contribution < 1.29 is 13.2 Å². The Labute approximate surface area is 179 Å². The lowest BCUT2D eigenvalue weighted by Crippen LogP contribution is -2.36. The number of pyridine rings is 1. The largest absolute Gasteiger partial charge is 0.352 e. The van der Waals surface area contributed by atoms with Crippen LogP contribution in [0.15, 0.2) is 41.6 Å². The second-order valence-electron chi connectivity index (χ2n) is 8.38. The molecule has 1 aromatic heterocycles. The van der Waals surface area contributed by atoms with E-state index in [0.717, 1.165) is 47.9 Å². The molecule has 0 spiro atoms. The van der Waals surface area contributed by atoms with Gasteiger partial charge in [0.25, 0.3) is 0 Å². The number of aromatic nitrogens is 1. The maximum atomic E-state index is 12.8. The number of aryl methyl sites for hydroxylation is 3. The van der Waals surface area contributed by atoms with Gasteiger partial charge in [0.15, 0.2) is 0 Å². The monoisotopic (exact) mass is 429 g/mol. The first kappa shape index (κ1) is 22.4. The quantitative estimate of drug-likeness (QED) is 0.706. The fraction of sp³-hybridized carbons (Fsp3) is 0.478. The van der Waals surface area contributed by atoms with Gasteiger partial charge in [-0.05, 0) is 75.1 Å². The summed E-state index contributed by atoms with van der Waals surface area (Å²) in [5.74, 6) is 0.327. The number of carbonyl (C=O) groups is 1. The minimum Gasteiger partial charge on any atom is -0.352 e. The van der Waals surface area contributed by atoms with Gasteiger partial charge in [0, 0.05) is 31.4 Å². The summed E-state index contributed by atoms with van der Waals surface area (Å²) >= 11 is 0. The molecule has 0 aliphatic heterocycles. The first-order valence-electron chi connectivity index (χ1n) is 10.5. The third-order valence-corrected chi connectivity index (χ3v) is 7.57. The van der Waals surface area contributed by atoms with Crippen LogP contribution in [-0.2, 0) is 21.4 Å². The molecule has 6 nitrogen and oxygen atoms in total. The summed E-state index contributed by atoms with van der Waals surface area (Å²) in [6.07, 6.45) is 6.73. The Kier molecular flexibility index (Phi) is 7.26. The van der Waals surface area contributed by atoms with Crippen LogP contribution in [0.3, 0.4) is 0 Å². The van der Waals surface area contributed by atoms with E-state index in [0.29, 0.717) is 18.0 Å². The fourth-order valence-electron chi connectivity index (χ4n) is 4.36. The van der Waals surface area contributed by atoms with E-state index >= 15 is 0 Å². The van der Waals surface area contributed by atoms with Crippen LogP contribution in [-0.4, -0.2) is 25.9 Å². The summed E-state index contributed by atoms with van der Waals surface area (Å²) in [7, 11) is -3.54. The highest BCUT2D eigenvalue weighted by molar-refractivity contribution is 7.89. The van der Waals surface area contributed by atoms with Gasteiger partial charge in [0.1, 0.15) is 0 Å². The van der Waals surface area contributed by atoms with E-state index in [4.69, 9.17) is 0 Å². The van der Waals surface area contributed by atoms with E-state index in [-0.39, 0.29) is 17.7 Å². The molecule has 1 aromatic carbocycles.